The summed E-state index contributed by atoms with van der Waals surface area (Å²) in [5.74, 6) is -11.6. The molecule has 5 atom stereocenters. The zero-order valence-corrected chi connectivity index (χ0v) is 41.3. The maximum atomic E-state index is 15.6. The summed E-state index contributed by atoms with van der Waals surface area (Å²) < 4.78 is 201. The number of carboxylic acids is 2. The van der Waals surface area contributed by atoms with Crippen LogP contribution in [0.25, 0.3) is 22.0 Å². The molecule has 3 aromatic heterocycles. The maximum absolute atomic E-state index is 15.6. The molecule has 0 saturated heterocycles. The quantitative estimate of drug-likeness (QED) is 0.0682. The summed E-state index contributed by atoms with van der Waals surface area (Å²) >= 11 is 6.52. The van der Waals surface area contributed by atoms with Crippen molar-refractivity contribution in [1.29, 1.82) is 0 Å². The van der Waals surface area contributed by atoms with Crippen LogP contribution in [0.4, 0.5) is 54.5 Å². The van der Waals surface area contributed by atoms with Crippen LogP contribution in [0, 0.1) is 29.4 Å². The summed E-state index contributed by atoms with van der Waals surface area (Å²) in [6.07, 6.45) is -19.1. The molecule has 0 unspecified atom stereocenters. The third-order valence-electron chi connectivity index (χ3n) is 12.0. The number of aliphatic carboxylic acids is 2. The number of alkyl halides is 8. The molecular formula is C44H36ClF10N7O12S2. The number of aliphatic hydroxyl groups excluding tert-OH is 1. The highest BCUT2D eigenvalue weighted by Crippen LogP contribution is 2.68. The molecule has 0 aliphatic heterocycles. The predicted molar refractivity (Wildman–Crippen MR) is 242 cm³/mol. The van der Waals surface area contributed by atoms with Gasteiger partial charge in [-0.05, 0) is 74.4 Å². The van der Waals surface area contributed by atoms with Gasteiger partial charge < -0.3 is 25.4 Å². The minimum Gasteiger partial charge on any atom is -0.479 e. The number of anilines is 1. The molecular weight excluding hydrogens is 1110 g/mol. The molecule has 0 spiro atoms. The fourth-order valence-corrected chi connectivity index (χ4v) is 9.54. The summed E-state index contributed by atoms with van der Waals surface area (Å²) in [7, 11) is -9.26. The van der Waals surface area contributed by atoms with Gasteiger partial charge in [0, 0.05) is 34.9 Å². The zero-order chi connectivity index (χ0) is 56.7. The number of sulfone groups is 1. The molecule has 2 aromatic carbocycles. The minimum atomic E-state index is -5.31. The summed E-state index contributed by atoms with van der Waals surface area (Å²) in [6.45, 7) is -1.21. The first kappa shape index (κ1) is 56.7. The molecule has 2 amide bonds. The molecule has 0 radical (unpaired) electrons. The molecule has 5 aromatic rings. The first-order valence-corrected chi connectivity index (χ1v) is 25.6. The van der Waals surface area contributed by atoms with Gasteiger partial charge in [-0.2, -0.15) is 49.6 Å². The fourth-order valence-electron chi connectivity index (χ4n) is 8.31. The third kappa shape index (κ3) is 11.2. The lowest BCUT2D eigenvalue weighted by atomic mass is 9.93. The van der Waals surface area contributed by atoms with E-state index in [0.29, 0.717) is 6.07 Å². The average molecular weight is 1140 g/mol. The topological polar surface area (TPSA) is 270 Å². The van der Waals surface area contributed by atoms with Crippen LogP contribution < -0.4 is 9.62 Å². The number of aliphatic hydroxyl groups is 1. The van der Waals surface area contributed by atoms with Gasteiger partial charge in [0.05, 0.1) is 33.9 Å². The summed E-state index contributed by atoms with van der Waals surface area (Å²) in [4.78, 5) is 55.6. The van der Waals surface area contributed by atoms with E-state index in [1.807, 2.05) is 0 Å². The molecule has 0 bridgehead atoms. The molecule has 2 aliphatic carbocycles. The fraction of sp³-hybridized carbons (Fsp3) is 0.386. The van der Waals surface area contributed by atoms with Crippen LogP contribution in [0.1, 0.15) is 66.1 Å². The van der Waals surface area contributed by atoms with E-state index in [1.54, 1.807) is 0 Å². The van der Waals surface area contributed by atoms with E-state index in [0.717, 1.165) is 42.7 Å². The number of sulfonamides is 1. The number of hydrogen-bond acceptors (Lipinski definition) is 13. The molecule has 2 aliphatic rings. The Hall–Kier alpha value is -7.04. The van der Waals surface area contributed by atoms with Crippen molar-refractivity contribution in [1.82, 2.24) is 29.9 Å². The second-order valence-electron chi connectivity index (χ2n) is 18.0. The van der Waals surface area contributed by atoms with Crippen molar-refractivity contribution in [3.05, 3.63) is 93.0 Å². The second kappa shape index (κ2) is 19.5. The van der Waals surface area contributed by atoms with Gasteiger partial charge in [-0.1, -0.05) is 23.6 Å². The normalized spacial score (nSPS) is 17.4. The van der Waals surface area contributed by atoms with Crippen molar-refractivity contribution in [3.8, 4) is 23.0 Å². The number of rotatable bonds is 15. The van der Waals surface area contributed by atoms with Gasteiger partial charge in [0.25, 0.3) is 5.92 Å². The molecule has 32 heteroatoms. The Morgan fingerprint density at radius 3 is 2.11 bits per heavy atom. The summed E-state index contributed by atoms with van der Waals surface area (Å²) in [5, 5.41) is 36.4. The third-order valence-corrected chi connectivity index (χ3v) is 15.3. The maximum Gasteiger partial charge on any atom is 0.435 e. The lowest BCUT2D eigenvalue weighted by Gasteiger charge is -2.23. The average Bonchev–Trinajstić information content (AvgIpc) is 3.78. The van der Waals surface area contributed by atoms with Crippen LogP contribution in [0.2, 0.25) is 5.02 Å². The molecule has 7 rings (SSSR count). The zero-order valence-electron chi connectivity index (χ0n) is 38.9. The van der Waals surface area contributed by atoms with Gasteiger partial charge in [-0.25, -0.2) is 45.0 Å². The molecule has 19 nitrogen and oxygen atoms in total. The number of amides is 2. The van der Waals surface area contributed by atoms with Gasteiger partial charge in [0.15, 0.2) is 27.5 Å². The Labute approximate surface area is 426 Å². The highest BCUT2D eigenvalue weighted by atomic mass is 35.5. The number of halogens is 11. The molecule has 1 saturated carbocycles. The van der Waals surface area contributed by atoms with Crippen LogP contribution >= 0.6 is 11.6 Å². The van der Waals surface area contributed by atoms with Crippen molar-refractivity contribution in [3.63, 3.8) is 0 Å². The van der Waals surface area contributed by atoms with Crippen molar-refractivity contribution < 1.29 is 100.0 Å². The monoisotopic (exact) mass is 1140 g/mol. The number of hydrogen-bond donors (Lipinski definition) is 4. The number of fused-ring (bicyclic) bond motifs is 4. The van der Waals surface area contributed by atoms with Crippen LogP contribution in [-0.2, 0) is 70.6 Å². The lowest BCUT2D eigenvalue weighted by molar-refractivity contribution is -0.165. The van der Waals surface area contributed by atoms with E-state index < -0.39 is 194 Å². The van der Waals surface area contributed by atoms with E-state index >= 15 is 8.78 Å². The first-order valence-electron chi connectivity index (χ1n) is 21.5. The molecule has 408 valence electrons. The van der Waals surface area contributed by atoms with Crippen molar-refractivity contribution in [2.24, 2.45) is 5.92 Å². The Bertz CT molecular complexity index is 3540. The van der Waals surface area contributed by atoms with Crippen molar-refractivity contribution in [2.45, 2.75) is 87.0 Å². The van der Waals surface area contributed by atoms with E-state index in [-0.39, 0.29) is 27.6 Å². The molecule has 4 N–H and O–H groups in total. The SMILES string of the molecule is CC(C)(C#Cc1ccc(-c2ccc(Cl)c3c(N(C(=O)O[C@H](C(=O)O)[C@H](O)C(=O)O)S(C)(=O)=O)nn(CC(F)(F)F)c23)c([C@H](Cc2cc(F)cc(F)c2)NC(=O)Cn2nc(C(F)(F)F)c3c2C(F)(F)[C@@H]2C[C@H]32)n1)S(C)(=O)=O. The Morgan fingerprint density at radius 2 is 1.55 bits per heavy atom. The van der Waals surface area contributed by atoms with Gasteiger partial charge >= 0.3 is 30.4 Å². The van der Waals surface area contributed by atoms with E-state index in [1.165, 1.54) is 13.8 Å². The van der Waals surface area contributed by atoms with Gasteiger partial charge in [0.2, 0.25) is 22.0 Å². The van der Waals surface area contributed by atoms with Gasteiger partial charge in [-0.3, -0.25) is 14.2 Å². The molecule has 3 heterocycles. The number of ether oxygens (including phenoxy) is 1. The van der Waals surface area contributed by atoms with Crippen molar-refractivity contribution >= 4 is 72.1 Å². The second-order valence-corrected chi connectivity index (χ2v) is 22.8. The Balaban J connectivity index is 1.49. The largest absolute Gasteiger partial charge is 0.479 e. The number of nitrogens with zero attached hydrogens (tertiary/aromatic N) is 6. The molecule has 76 heavy (non-hydrogen) atoms. The van der Waals surface area contributed by atoms with E-state index in [2.05, 4.69) is 37.1 Å². The van der Waals surface area contributed by atoms with Crippen LogP contribution in [-0.4, -0.2) is 116 Å². The number of aromatic nitrogens is 5. The highest BCUT2D eigenvalue weighted by Gasteiger charge is 2.68. The highest BCUT2D eigenvalue weighted by molar-refractivity contribution is 7.93. The predicted octanol–water partition coefficient (Wildman–Crippen LogP) is 6.09. The Kier molecular flexibility index (Phi) is 14.6. The number of nitrogens with one attached hydrogen (secondary N) is 1. The van der Waals surface area contributed by atoms with Crippen LogP contribution in [0.15, 0.2) is 42.5 Å². The van der Waals surface area contributed by atoms with Gasteiger partial charge in [0.1, 0.15) is 40.9 Å². The van der Waals surface area contributed by atoms with E-state index in [4.69, 9.17) is 11.6 Å². The Morgan fingerprint density at radius 1 is 0.934 bits per heavy atom. The van der Waals surface area contributed by atoms with Crippen LogP contribution in [0.5, 0.6) is 0 Å². The number of carboxylic acid groups (broad SMARTS) is 2. The summed E-state index contributed by atoms with van der Waals surface area (Å²) in [6, 6.07) is 3.86. The number of benzene rings is 2. The standard InChI is InChI=1S/C44H36ClF10N7O12S2/c1-41(2,75(3,70)71)10-9-21-5-6-22(23-7-8-26(45)30-32(23)61(17-42(48,49)50)59-37(30)62(76(4,72)73)40(69)74-34(39(67)68)33(64)38(65)66)31(56-21)27(13-18-11-19(46)14-20(47)12-18)57-28(63)16-60-36-29(35(58-60)44(53,54)55)24-15-25(24)43(36,51)52/h5-8,11-12,14,24-25,27,33-34,64H,13,15-17H2,1-4H3,(H,57,63)(H,65,66)(H,67,68)/t24-,25+,27-,33-,34-/m0/s1. The molecule has 1 fully saturated rings. The minimum absolute atomic E-state index is 0.0288. The lowest BCUT2D eigenvalue weighted by Crippen LogP contribution is -2.47. The number of carbonyl (C=O) groups is 4. The number of carbonyl (C=O) groups excluding carboxylic acids is 2. The summed E-state index contributed by atoms with van der Waals surface area (Å²) in [5.41, 5.74) is -7.00. The number of pyridine rings is 1. The van der Waals surface area contributed by atoms with E-state index in [9.17, 15) is 86.5 Å². The van der Waals surface area contributed by atoms with Crippen molar-refractivity contribution in [2.75, 3.05) is 16.8 Å². The van der Waals surface area contributed by atoms with Gasteiger partial charge in [-0.15, -0.1) is 0 Å². The smallest absolute Gasteiger partial charge is 0.435 e. The van der Waals surface area contributed by atoms with Crippen LogP contribution in [0.3, 0.4) is 0 Å². The first-order chi connectivity index (χ1) is 34.8.